The number of carbonyl (C=O) groups is 1. The Hall–Kier alpha value is -3.03. The molecule has 2 heterocycles. The summed E-state index contributed by atoms with van der Waals surface area (Å²) in [4.78, 5) is 33.2. The van der Waals surface area contributed by atoms with E-state index in [1.165, 1.54) is 13.3 Å². The highest BCUT2D eigenvalue weighted by atomic mass is 16.6. The summed E-state index contributed by atoms with van der Waals surface area (Å²) in [6.45, 7) is 4.33. The molecule has 1 aliphatic rings. The van der Waals surface area contributed by atoms with E-state index in [0.29, 0.717) is 17.1 Å². The van der Waals surface area contributed by atoms with Crippen molar-refractivity contribution in [3.05, 3.63) is 46.3 Å². The van der Waals surface area contributed by atoms with Gasteiger partial charge in [0.05, 0.1) is 4.92 Å². The van der Waals surface area contributed by atoms with Crippen molar-refractivity contribution in [2.45, 2.75) is 45.6 Å². The molecule has 1 unspecified atom stereocenters. The Morgan fingerprint density at radius 2 is 2.04 bits per heavy atom. The molecule has 27 heavy (non-hydrogen) atoms. The fraction of sp³-hybridized carbons (Fsp3) is 0.421. The number of nitro groups is 1. The van der Waals surface area contributed by atoms with Gasteiger partial charge in [0.1, 0.15) is 6.33 Å². The number of hydrogen-bond acceptors (Lipinski definition) is 7. The first-order valence-corrected chi connectivity index (χ1v) is 9.15. The number of nitrogens with zero attached hydrogens (tertiary/aromatic N) is 4. The van der Waals surface area contributed by atoms with Crippen molar-refractivity contribution in [3.63, 3.8) is 0 Å². The van der Waals surface area contributed by atoms with Crippen LogP contribution in [0.25, 0.3) is 0 Å². The van der Waals surface area contributed by atoms with Crippen LogP contribution < -0.4 is 10.2 Å². The Kier molecular flexibility index (Phi) is 5.63. The topological polar surface area (TPSA) is 101 Å². The Morgan fingerprint density at radius 3 is 2.67 bits per heavy atom. The average molecular weight is 369 g/mol. The molecule has 0 bridgehead atoms. The maximum atomic E-state index is 11.8. The third kappa shape index (κ3) is 4.05. The van der Waals surface area contributed by atoms with E-state index in [1.807, 2.05) is 4.90 Å². The van der Waals surface area contributed by atoms with Crippen LogP contribution in [-0.4, -0.2) is 33.3 Å². The average Bonchev–Trinajstić information content (AvgIpc) is 2.68. The summed E-state index contributed by atoms with van der Waals surface area (Å²) < 4.78 is 0. The van der Waals surface area contributed by atoms with Crippen LogP contribution in [-0.2, 0) is 0 Å². The van der Waals surface area contributed by atoms with Crippen LogP contribution in [0.2, 0.25) is 0 Å². The molecule has 1 N–H and O–H groups in total. The van der Waals surface area contributed by atoms with Crippen molar-refractivity contribution in [2.24, 2.45) is 0 Å². The standard InChI is InChI=1S/C19H23N5O3/c1-3-16-6-4-5-11-23(16)19-17(24(26)27)18(20-12-21-19)22-15-9-7-14(8-10-15)13(2)25/h7-10,12,16H,3-6,11H2,1-2H3,(H,20,21,22). The van der Waals surface area contributed by atoms with Crippen LogP contribution in [0, 0.1) is 10.1 Å². The van der Waals surface area contributed by atoms with Crippen molar-refractivity contribution in [3.8, 4) is 0 Å². The summed E-state index contributed by atoms with van der Waals surface area (Å²) >= 11 is 0. The monoisotopic (exact) mass is 369 g/mol. The molecule has 0 amide bonds. The molecule has 2 aromatic rings. The largest absolute Gasteiger partial charge is 0.353 e. The molecule has 1 fully saturated rings. The van der Waals surface area contributed by atoms with Gasteiger partial charge in [0.2, 0.25) is 11.6 Å². The molecule has 1 aromatic carbocycles. The zero-order valence-corrected chi connectivity index (χ0v) is 15.5. The molecule has 3 rings (SSSR count). The minimum absolute atomic E-state index is 0.0347. The molecule has 1 aromatic heterocycles. The van der Waals surface area contributed by atoms with Gasteiger partial charge in [-0.05, 0) is 56.9 Å². The van der Waals surface area contributed by atoms with Gasteiger partial charge >= 0.3 is 5.69 Å². The molecule has 1 aliphatic heterocycles. The fourth-order valence-electron chi connectivity index (χ4n) is 3.47. The molecule has 0 aliphatic carbocycles. The molecular formula is C19H23N5O3. The second-order valence-electron chi connectivity index (χ2n) is 6.66. The first-order valence-electron chi connectivity index (χ1n) is 9.15. The summed E-state index contributed by atoms with van der Waals surface area (Å²) in [6.07, 6.45) is 5.40. The van der Waals surface area contributed by atoms with E-state index >= 15 is 0 Å². The molecule has 0 saturated carbocycles. The van der Waals surface area contributed by atoms with Gasteiger partial charge in [-0.15, -0.1) is 0 Å². The molecule has 8 nitrogen and oxygen atoms in total. The number of carbonyl (C=O) groups excluding carboxylic acids is 1. The fourth-order valence-corrected chi connectivity index (χ4v) is 3.47. The van der Waals surface area contributed by atoms with Crippen LogP contribution in [0.5, 0.6) is 0 Å². The Bertz CT molecular complexity index is 838. The highest BCUT2D eigenvalue weighted by Gasteiger charge is 2.31. The number of rotatable bonds is 6. The Balaban J connectivity index is 1.96. The summed E-state index contributed by atoms with van der Waals surface area (Å²) in [5.74, 6) is 0.484. The molecule has 1 atom stereocenters. The number of ketones is 1. The van der Waals surface area contributed by atoms with Gasteiger partial charge < -0.3 is 10.2 Å². The van der Waals surface area contributed by atoms with E-state index < -0.39 is 4.92 Å². The van der Waals surface area contributed by atoms with E-state index in [9.17, 15) is 14.9 Å². The SMILES string of the molecule is CCC1CCCCN1c1ncnc(Nc2ccc(C(C)=O)cc2)c1[N+](=O)[O-]. The molecule has 8 heteroatoms. The number of benzene rings is 1. The minimum Gasteiger partial charge on any atom is -0.348 e. The Morgan fingerprint density at radius 1 is 1.30 bits per heavy atom. The van der Waals surface area contributed by atoms with Gasteiger partial charge in [-0.3, -0.25) is 14.9 Å². The number of hydrogen-bond donors (Lipinski definition) is 1. The molecular weight excluding hydrogens is 346 g/mol. The smallest absolute Gasteiger partial charge is 0.348 e. The van der Waals surface area contributed by atoms with Crippen molar-refractivity contribution < 1.29 is 9.72 Å². The highest BCUT2D eigenvalue weighted by Crippen LogP contribution is 2.36. The number of aromatic nitrogens is 2. The van der Waals surface area contributed by atoms with Gasteiger partial charge in [0.15, 0.2) is 5.78 Å². The predicted octanol–water partition coefficient (Wildman–Crippen LogP) is 4.10. The summed E-state index contributed by atoms with van der Waals surface area (Å²) in [6, 6.07) is 7.01. The van der Waals surface area contributed by atoms with Crippen LogP contribution >= 0.6 is 0 Å². The van der Waals surface area contributed by atoms with Crippen LogP contribution in [0.4, 0.5) is 23.0 Å². The van der Waals surface area contributed by atoms with Crippen LogP contribution in [0.3, 0.4) is 0 Å². The van der Waals surface area contributed by atoms with Gasteiger partial charge in [0, 0.05) is 23.8 Å². The second kappa shape index (κ2) is 8.11. The first-order chi connectivity index (χ1) is 13.0. The Labute approximate surface area is 157 Å². The summed E-state index contributed by atoms with van der Waals surface area (Å²) in [7, 11) is 0. The van der Waals surface area contributed by atoms with Gasteiger partial charge in [-0.1, -0.05) is 6.92 Å². The van der Waals surface area contributed by atoms with E-state index in [2.05, 4.69) is 22.2 Å². The number of anilines is 3. The summed E-state index contributed by atoms with van der Waals surface area (Å²) in [5, 5.41) is 14.8. The predicted molar refractivity (Wildman–Crippen MR) is 104 cm³/mol. The molecule has 0 spiro atoms. The van der Waals surface area contributed by atoms with E-state index in [0.717, 1.165) is 32.2 Å². The quantitative estimate of drug-likeness (QED) is 0.464. The van der Waals surface area contributed by atoms with Crippen molar-refractivity contribution in [1.29, 1.82) is 0 Å². The van der Waals surface area contributed by atoms with Crippen molar-refractivity contribution >= 4 is 28.8 Å². The molecule has 142 valence electrons. The molecule has 0 radical (unpaired) electrons. The maximum absolute atomic E-state index is 11.8. The first kappa shape index (κ1) is 18.8. The van der Waals surface area contributed by atoms with E-state index in [-0.39, 0.29) is 23.3 Å². The minimum atomic E-state index is -0.428. The van der Waals surface area contributed by atoms with E-state index in [1.54, 1.807) is 24.3 Å². The van der Waals surface area contributed by atoms with Gasteiger partial charge in [-0.25, -0.2) is 9.97 Å². The van der Waals surface area contributed by atoms with Crippen molar-refractivity contribution in [1.82, 2.24) is 9.97 Å². The van der Waals surface area contributed by atoms with Crippen molar-refractivity contribution in [2.75, 3.05) is 16.8 Å². The summed E-state index contributed by atoms with van der Waals surface area (Å²) in [5.41, 5.74) is 1.09. The van der Waals surface area contributed by atoms with Gasteiger partial charge in [-0.2, -0.15) is 0 Å². The number of nitrogens with one attached hydrogen (secondary N) is 1. The highest BCUT2D eigenvalue weighted by molar-refractivity contribution is 5.94. The van der Waals surface area contributed by atoms with Crippen LogP contribution in [0.15, 0.2) is 30.6 Å². The number of Topliss-reactive ketones (excluding diaryl/α,β-unsaturated/α-hetero) is 1. The lowest BCUT2D eigenvalue weighted by Gasteiger charge is -2.35. The van der Waals surface area contributed by atoms with Gasteiger partial charge in [0.25, 0.3) is 0 Å². The lowest BCUT2D eigenvalue weighted by atomic mass is 10.00. The zero-order chi connectivity index (χ0) is 19.4. The van der Waals surface area contributed by atoms with Crippen LogP contribution in [0.1, 0.15) is 49.9 Å². The lowest BCUT2D eigenvalue weighted by molar-refractivity contribution is -0.383. The third-order valence-corrected chi connectivity index (χ3v) is 4.91. The number of piperidine rings is 1. The normalized spacial score (nSPS) is 16.8. The third-order valence-electron chi connectivity index (χ3n) is 4.91. The van der Waals surface area contributed by atoms with E-state index in [4.69, 9.17) is 0 Å². The zero-order valence-electron chi connectivity index (χ0n) is 15.5. The maximum Gasteiger partial charge on any atom is 0.353 e. The lowest BCUT2D eigenvalue weighted by Crippen LogP contribution is -2.40. The second-order valence-corrected chi connectivity index (χ2v) is 6.66. The molecule has 1 saturated heterocycles.